The van der Waals surface area contributed by atoms with Crippen LogP contribution in [0.5, 0.6) is 11.5 Å². The first kappa shape index (κ1) is 19.9. The maximum Gasteiger partial charge on any atom is 0.404 e. The minimum absolute atomic E-state index is 0.0349. The number of fused-ring (bicyclic) bond motifs is 1. The summed E-state index contributed by atoms with van der Waals surface area (Å²) in [6, 6.07) is 6.75. The summed E-state index contributed by atoms with van der Waals surface area (Å²) < 4.78 is 41.8. The Hall–Kier alpha value is -3.36. The van der Waals surface area contributed by atoms with E-state index in [0.29, 0.717) is 23.8 Å². The lowest BCUT2D eigenvalue weighted by atomic mass is 10.1. The predicted molar refractivity (Wildman–Crippen MR) is 105 cm³/mol. The number of benzene rings is 1. The lowest BCUT2D eigenvalue weighted by Crippen LogP contribution is -2.35. The van der Waals surface area contributed by atoms with Crippen LogP contribution < -0.4 is 14.8 Å². The highest BCUT2D eigenvalue weighted by Gasteiger charge is 2.22. The molecule has 1 aromatic carbocycles. The van der Waals surface area contributed by atoms with E-state index >= 15 is 0 Å². The molecule has 0 unspecified atom stereocenters. The van der Waals surface area contributed by atoms with Crippen molar-refractivity contribution in [3.8, 4) is 22.8 Å². The van der Waals surface area contributed by atoms with Crippen molar-refractivity contribution in [3.63, 3.8) is 0 Å². The molecule has 1 saturated carbocycles. The predicted octanol–water partition coefficient (Wildman–Crippen LogP) is 4.10. The molecule has 1 atom stereocenters. The van der Waals surface area contributed by atoms with E-state index in [1.54, 1.807) is 31.3 Å². The minimum Gasteiger partial charge on any atom is -0.492 e. The normalized spacial score (nSPS) is 14.5. The number of nitrogens with one attached hydrogen (secondary N) is 1. The molecule has 158 valence electrons. The number of hydrogen-bond donors (Lipinski definition) is 2. The molecule has 0 saturated heterocycles. The molecule has 0 radical (unpaired) electrons. The average Bonchev–Trinajstić information content (AvgIpc) is 3.41. The minimum atomic E-state index is -1.20. The maximum absolute atomic E-state index is 14.7. The summed E-state index contributed by atoms with van der Waals surface area (Å²) in [7, 11) is 0. The molecule has 1 fully saturated rings. The number of hydrogen-bond acceptors (Lipinski definition) is 4. The second kappa shape index (κ2) is 8.17. The molecular weight excluding hydrogens is 396 g/mol. The fourth-order valence-electron chi connectivity index (χ4n) is 3.03. The molecule has 0 spiro atoms. The molecule has 9 heteroatoms. The zero-order valence-electron chi connectivity index (χ0n) is 16.3. The van der Waals surface area contributed by atoms with Crippen molar-refractivity contribution < 1.29 is 28.2 Å². The molecule has 1 amide bonds. The lowest BCUT2D eigenvalue weighted by Gasteiger charge is -2.13. The van der Waals surface area contributed by atoms with Gasteiger partial charge in [-0.2, -0.15) is 5.10 Å². The third-order valence-electron chi connectivity index (χ3n) is 4.76. The first-order chi connectivity index (χ1) is 14.4. The number of rotatable bonds is 8. The highest BCUT2D eigenvalue weighted by molar-refractivity contribution is 5.68. The van der Waals surface area contributed by atoms with Gasteiger partial charge in [-0.25, -0.2) is 18.1 Å². The van der Waals surface area contributed by atoms with Crippen molar-refractivity contribution in [1.82, 2.24) is 14.9 Å². The van der Waals surface area contributed by atoms with Gasteiger partial charge in [0.15, 0.2) is 0 Å². The quantitative estimate of drug-likeness (QED) is 0.576. The first-order valence-corrected chi connectivity index (χ1v) is 9.63. The lowest BCUT2D eigenvalue weighted by molar-refractivity contribution is 0.183. The summed E-state index contributed by atoms with van der Waals surface area (Å²) in [5.74, 6) is -0.416. The first-order valence-electron chi connectivity index (χ1n) is 9.63. The molecule has 7 nitrogen and oxygen atoms in total. The molecule has 1 aliphatic rings. The molecule has 0 bridgehead atoms. The van der Waals surface area contributed by atoms with E-state index in [1.807, 2.05) is 0 Å². The number of carbonyl (C=O) groups is 1. The van der Waals surface area contributed by atoms with Crippen molar-refractivity contribution in [3.05, 3.63) is 48.2 Å². The Bertz CT molecular complexity index is 1060. The summed E-state index contributed by atoms with van der Waals surface area (Å²) in [5, 5.41) is 15.1. The van der Waals surface area contributed by atoms with Crippen molar-refractivity contribution in [2.24, 2.45) is 5.92 Å². The van der Waals surface area contributed by atoms with Gasteiger partial charge in [0.1, 0.15) is 29.7 Å². The number of pyridine rings is 1. The fraction of sp³-hybridized carbons (Fsp3) is 0.333. The molecular formula is C21H21F2N3O4. The average molecular weight is 417 g/mol. The topological polar surface area (TPSA) is 85.1 Å². The third kappa shape index (κ3) is 4.61. The Morgan fingerprint density at radius 1 is 1.23 bits per heavy atom. The fourth-order valence-corrected chi connectivity index (χ4v) is 3.03. The van der Waals surface area contributed by atoms with E-state index in [0.717, 1.165) is 12.1 Å². The van der Waals surface area contributed by atoms with Crippen LogP contribution in [0, 0.1) is 17.6 Å². The van der Waals surface area contributed by atoms with Crippen LogP contribution >= 0.6 is 0 Å². The molecule has 2 aromatic heterocycles. The van der Waals surface area contributed by atoms with Gasteiger partial charge < -0.3 is 19.9 Å². The van der Waals surface area contributed by atoms with Crippen LogP contribution in [-0.4, -0.2) is 40.1 Å². The highest BCUT2D eigenvalue weighted by atomic mass is 19.1. The Morgan fingerprint density at radius 2 is 1.97 bits per heavy atom. The van der Waals surface area contributed by atoms with Gasteiger partial charge in [0.2, 0.25) is 0 Å². The summed E-state index contributed by atoms with van der Waals surface area (Å²) in [4.78, 5) is 10.6. The Balaban J connectivity index is 1.52. The van der Waals surface area contributed by atoms with Gasteiger partial charge in [-0.05, 0) is 43.9 Å². The van der Waals surface area contributed by atoms with E-state index in [1.165, 1.54) is 17.4 Å². The van der Waals surface area contributed by atoms with E-state index in [2.05, 4.69) is 10.4 Å². The molecule has 2 heterocycles. The standard InChI is InChI=1S/C21H21F2N3O4/c1-12(24-21(27)28)10-29-16-7-17(22)20(18(23)8-16)19-6-14-4-5-15(9-26(14)25-19)30-11-13-2-3-13/h4-9,12-13,24H,2-3,10-11H2,1H3,(H,27,28)/t12-/m0/s1. The number of carboxylic acid groups (broad SMARTS) is 1. The molecule has 0 aliphatic heterocycles. The van der Waals surface area contributed by atoms with Crippen LogP contribution in [0.3, 0.4) is 0 Å². The maximum atomic E-state index is 14.7. The second-order valence-electron chi connectivity index (χ2n) is 7.44. The molecule has 2 N–H and O–H groups in total. The Morgan fingerprint density at radius 3 is 2.63 bits per heavy atom. The van der Waals surface area contributed by atoms with Crippen LogP contribution in [-0.2, 0) is 0 Å². The SMILES string of the molecule is C[C@@H](COc1cc(F)c(-c2cc3ccc(OCC4CC4)cn3n2)c(F)c1)NC(=O)O. The van der Waals surface area contributed by atoms with E-state index in [9.17, 15) is 13.6 Å². The van der Waals surface area contributed by atoms with Crippen molar-refractivity contribution in [1.29, 1.82) is 0 Å². The number of halogens is 2. The highest BCUT2D eigenvalue weighted by Crippen LogP contribution is 2.31. The zero-order valence-corrected chi connectivity index (χ0v) is 16.3. The number of aromatic nitrogens is 2. The third-order valence-corrected chi connectivity index (χ3v) is 4.76. The van der Waals surface area contributed by atoms with Gasteiger partial charge in [0.25, 0.3) is 0 Å². The summed E-state index contributed by atoms with van der Waals surface area (Å²) in [6.07, 6.45) is 2.85. The van der Waals surface area contributed by atoms with Gasteiger partial charge in [-0.3, -0.25) is 0 Å². The Kier molecular flexibility index (Phi) is 5.43. The van der Waals surface area contributed by atoms with Crippen molar-refractivity contribution in [2.75, 3.05) is 13.2 Å². The van der Waals surface area contributed by atoms with Gasteiger partial charge in [-0.1, -0.05) is 0 Å². The zero-order chi connectivity index (χ0) is 21.3. The van der Waals surface area contributed by atoms with E-state index in [-0.39, 0.29) is 23.6 Å². The smallest absolute Gasteiger partial charge is 0.404 e. The van der Waals surface area contributed by atoms with Crippen LogP contribution in [0.4, 0.5) is 13.6 Å². The summed E-state index contributed by atoms with van der Waals surface area (Å²) >= 11 is 0. The van der Waals surface area contributed by atoms with Gasteiger partial charge in [0, 0.05) is 12.1 Å². The summed E-state index contributed by atoms with van der Waals surface area (Å²) in [5.41, 5.74) is 0.566. The van der Waals surface area contributed by atoms with Gasteiger partial charge in [0.05, 0.1) is 35.6 Å². The van der Waals surface area contributed by atoms with Crippen LogP contribution in [0.15, 0.2) is 36.5 Å². The van der Waals surface area contributed by atoms with Gasteiger partial charge in [-0.15, -0.1) is 0 Å². The summed E-state index contributed by atoms with van der Waals surface area (Å²) in [6.45, 7) is 2.17. The molecule has 30 heavy (non-hydrogen) atoms. The van der Waals surface area contributed by atoms with Crippen LogP contribution in [0.2, 0.25) is 0 Å². The van der Waals surface area contributed by atoms with E-state index < -0.39 is 23.8 Å². The monoisotopic (exact) mass is 417 g/mol. The number of nitrogens with zero attached hydrogens (tertiary/aromatic N) is 2. The molecule has 1 aliphatic carbocycles. The van der Waals surface area contributed by atoms with Crippen molar-refractivity contribution in [2.45, 2.75) is 25.8 Å². The molecule has 4 rings (SSSR count). The van der Waals surface area contributed by atoms with Gasteiger partial charge >= 0.3 is 6.09 Å². The van der Waals surface area contributed by atoms with Crippen LogP contribution in [0.25, 0.3) is 16.8 Å². The van der Waals surface area contributed by atoms with Crippen molar-refractivity contribution >= 4 is 11.6 Å². The Labute approximate surface area is 171 Å². The number of ether oxygens (including phenoxy) is 2. The van der Waals surface area contributed by atoms with E-state index in [4.69, 9.17) is 14.6 Å². The second-order valence-corrected chi connectivity index (χ2v) is 7.44. The van der Waals surface area contributed by atoms with Crippen LogP contribution in [0.1, 0.15) is 19.8 Å². The number of amides is 1. The largest absolute Gasteiger partial charge is 0.492 e. The molecule has 3 aromatic rings.